The van der Waals surface area contributed by atoms with Crippen LogP contribution in [-0.2, 0) is 18.8 Å². The van der Waals surface area contributed by atoms with Crippen molar-refractivity contribution in [1.82, 2.24) is 10.2 Å². The lowest BCUT2D eigenvalue weighted by molar-refractivity contribution is -0.154. The molecule has 3 unspecified atom stereocenters. The normalized spacial score (nSPS) is 32.4. The molecule has 1 saturated heterocycles. The maximum atomic E-state index is 11.7. The van der Waals surface area contributed by atoms with Gasteiger partial charge in [-0.2, -0.15) is 0 Å². The zero-order valence-corrected chi connectivity index (χ0v) is 11.5. The minimum absolute atomic E-state index is 0.395. The molecule has 0 spiro atoms. The van der Waals surface area contributed by atoms with Crippen molar-refractivity contribution >= 4 is 20.4 Å². The second-order valence-electron chi connectivity index (χ2n) is 4.71. The summed E-state index contributed by atoms with van der Waals surface area (Å²) < 4.78 is 9.81. The molecule has 3 atom stereocenters. The van der Waals surface area contributed by atoms with E-state index in [9.17, 15) is 9.59 Å². The maximum Gasteiger partial charge on any atom is 0.324 e. The number of ether oxygens (including phenoxy) is 1. The average molecular weight is 274 g/mol. The average Bonchev–Trinajstić information content (AvgIpc) is 2.78. The third-order valence-corrected chi connectivity index (χ3v) is 4.92. The van der Waals surface area contributed by atoms with Gasteiger partial charge in [-0.1, -0.05) is 12.8 Å². The molecule has 1 aliphatic carbocycles. The Kier molecular flexibility index (Phi) is 4.54. The summed E-state index contributed by atoms with van der Waals surface area (Å²) >= 11 is 0. The van der Waals surface area contributed by atoms with Gasteiger partial charge in [-0.3, -0.25) is 9.59 Å². The largest absolute Gasteiger partial charge is 0.468 e. The molecule has 2 N–H and O–H groups in total. The quantitative estimate of drug-likeness (QED) is 0.455. The second-order valence-corrected chi connectivity index (χ2v) is 5.99. The summed E-state index contributed by atoms with van der Waals surface area (Å²) in [7, 11) is 0.108. The molecule has 2 fully saturated rings. The van der Waals surface area contributed by atoms with Crippen molar-refractivity contribution in [2.24, 2.45) is 5.92 Å². The predicted molar refractivity (Wildman–Crippen MR) is 66.5 cm³/mol. The Labute approximate surface area is 108 Å². The third kappa shape index (κ3) is 2.99. The predicted octanol–water partition coefficient (Wildman–Crippen LogP) is 1.07. The van der Waals surface area contributed by atoms with Crippen LogP contribution >= 0.6 is 8.45 Å². The van der Waals surface area contributed by atoms with E-state index in [2.05, 4.69) is 14.9 Å². The van der Waals surface area contributed by atoms with Gasteiger partial charge in [0.1, 0.15) is 0 Å². The molecule has 0 aromatic carbocycles. The summed E-state index contributed by atoms with van der Waals surface area (Å²) in [5.41, 5.74) is 0. The summed E-state index contributed by atoms with van der Waals surface area (Å²) in [4.78, 5) is 22.9. The van der Waals surface area contributed by atoms with Crippen LogP contribution in [-0.4, -0.2) is 31.1 Å². The number of carbonyl (C=O) groups is 2. The molecular weight excluding hydrogens is 255 g/mol. The molecule has 2 rings (SSSR count). The second kappa shape index (κ2) is 5.95. The molecule has 7 heteroatoms. The van der Waals surface area contributed by atoms with Crippen molar-refractivity contribution < 1.29 is 18.8 Å². The smallest absolute Gasteiger partial charge is 0.324 e. The van der Waals surface area contributed by atoms with E-state index in [1.807, 2.05) is 0 Å². The number of nitrogens with one attached hydrogen (secondary N) is 2. The van der Waals surface area contributed by atoms with E-state index in [-0.39, 0.29) is 0 Å². The van der Waals surface area contributed by atoms with E-state index in [0.717, 1.165) is 12.8 Å². The van der Waals surface area contributed by atoms with Gasteiger partial charge in [-0.05, 0) is 19.8 Å². The molecule has 0 amide bonds. The van der Waals surface area contributed by atoms with Crippen LogP contribution in [0, 0.1) is 5.92 Å². The Morgan fingerprint density at radius 3 is 2.22 bits per heavy atom. The van der Waals surface area contributed by atoms with Crippen LogP contribution in [0.25, 0.3) is 0 Å². The van der Waals surface area contributed by atoms with E-state index < -0.39 is 26.3 Å². The number of methoxy groups -OCH3 is 1. The van der Waals surface area contributed by atoms with Crippen molar-refractivity contribution in [2.75, 3.05) is 7.11 Å². The van der Waals surface area contributed by atoms with Crippen molar-refractivity contribution in [2.45, 2.75) is 44.7 Å². The Morgan fingerprint density at radius 2 is 1.72 bits per heavy atom. The fourth-order valence-electron chi connectivity index (χ4n) is 2.27. The first-order valence-electron chi connectivity index (χ1n) is 6.24. The van der Waals surface area contributed by atoms with Gasteiger partial charge in [0.25, 0.3) is 0 Å². The summed E-state index contributed by atoms with van der Waals surface area (Å²) in [6, 6.07) is 0.789. The van der Waals surface area contributed by atoms with Crippen molar-refractivity contribution in [3.8, 4) is 0 Å². The van der Waals surface area contributed by atoms with Crippen LogP contribution in [0.4, 0.5) is 0 Å². The summed E-state index contributed by atoms with van der Waals surface area (Å²) in [6.07, 6.45) is 4.65. The lowest BCUT2D eigenvalue weighted by atomic mass is 9.92. The van der Waals surface area contributed by atoms with Gasteiger partial charge >= 0.3 is 11.9 Å². The summed E-state index contributed by atoms with van der Waals surface area (Å²) in [5.74, 6) is -1.97. The van der Waals surface area contributed by atoms with E-state index in [4.69, 9.17) is 4.52 Å². The summed E-state index contributed by atoms with van der Waals surface area (Å²) in [6.45, 7) is 1.49. The number of rotatable bonds is 3. The fourth-order valence-corrected chi connectivity index (χ4v) is 4.01. The highest BCUT2D eigenvalue weighted by atomic mass is 31.2. The zero-order valence-electron chi connectivity index (χ0n) is 10.6. The van der Waals surface area contributed by atoms with E-state index in [1.54, 1.807) is 0 Å². The molecule has 102 valence electrons. The molecule has 18 heavy (non-hydrogen) atoms. The molecule has 2 aliphatic rings. The highest BCUT2D eigenvalue weighted by Crippen LogP contribution is 2.40. The maximum absolute atomic E-state index is 11.7. The van der Waals surface area contributed by atoms with Crippen LogP contribution in [0.15, 0.2) is 0 Å². The third-order valence-electron chi connectivity index (χ3n) is 3.42. The minimum atomic E-state index is -1.15. The molecule has 1 aliphatic heterocycles. The van der Waals surface area contributed by atoms with Crippen molar-refractivity contribution in [1.29, 1.82) is 0 Å². The van der Waals surface area contributed by atoms with Gasteiger partial charge in [-0.25, -0.2) is 10.2 Å². The number of fused-ring (bicyclic) bond motifs is 1. The molecule has 0 bridgehead atoms. The molecule has 1 heterocycles. The standard InChI is InChI=1S/C11H19N2O4P/c1-7(10(14)16-2)11(15)17-18-12-8-5-3-4-6-9(8)13-18/h7-9,12-13H,3-6H2,1-2H3. The first kappa shape index (κ1) is 13.7. The highest BCUT2D eigenvalue weighted by Gasteiger charge is 2.38. The number of hydrogen-bond acceptors (Lipinski definition) is 6. The highest BCUT2D eigenvalue weighted by molar-refractivity contribution is 7.49. The fraction of sp³-hybridized carbons (Fsp3) is 0.818. The molecular formula is C11H19N2O4P. The Bertz CT molecular complexity index is 325. The van der Waals surface area contributed by atoms with E-state index in [0.29, 0.717) is 12.1 Å². The Balaban J connectivity index is 1.83. The number of hydrogen-bond donors (Lipinski definition) is 2. The monoisotopic (exact) mass is 274 g/mol. The van der Waals surface area contributed by atoms with Gasteiger partial charge in [0.05, 0.1) is 7.11 Å². The number of carbonyl (C=O) groups excluding carboxylic acids is 2. The minimum Gasteiger partial charge on any atom is -0.468 e. The first-order valence-corrected chi connectivity index (χ1v) is 7.50. The van der Waals surface area contributed by atoms with E-state index >= 15 is 0 Å². The van der Waals surface area contributed by atoms with Crippen LogP contribution in [0.2, 0.25) is 0 Å². The van der Waals surface area contributed by atoms with Gasteiger partial charge < -0.3 is 9.26 Å². The van der Waals surface area contributed by atoms with E-state index in [1.165, 1.54) is 26.9 Å². The molecule has 0 radical (unpaired) electrons. The van der Waals surface area contributed by atoms with Gasteiger partial charge in [-0.15, -0.1) is 0 Å². The van der Waals surface area contributed by atoms with Crippen LogP contribution in [0.1, 0.15) is 32.6 Å². The Morgan fingerprint density at radius 1 is 1.17 bits per heavy atom. The zero-order chi connectivity index (χ0) is 13.1. The SMILES string of the molecule is COC(=O)C(C)C(=O)OP1NC2CCCCC2N1. The van der Waals surface area contributed by atoms with Gasteiger partial charge in [0, 0.05) is 12.1 Å². The lowest BCUT2D eigenvalue weighted by Gasteiger charge is -2.22. The van der Waals surface area contributed by atoms with Gasteiger partial charge in [0.2, 0.25) is 8.45 Å². The topological polar surface area (TPSA) is 76.7 Å². The van der Waals surface area contributed by atoms with Crippen molar-refractivity contribution in [3.05, 3.63) is 0 Å². The summed E-state index contributed by atoms with van der Waals surface area (Å²) in [5, 5.41) is 6.59. The van der Waals surface area contributed by atoms with Crippen LogP contribution < -0.4 is 10.2 Å². The van der Waals surface area contributed by atoms with Crippen LogP contribution in [0.5, 0.6) is 0 Å². The molecule has 0 aromatic rings. The molecule has 6 nitrogen and oxygen atoms in total. The number of esters is 1. The van der Waals surface area contributed by atoms with Gasteiger partial charge in [0.15, 0.2) is 5.92 Å². The molecule has 1 saturated carbocycles. The molecule has 0 aromatic heterocycles. The Hall–Kier alpha value is -0.710. The van der Waals surface area contributed by atoms with Crippen molar-refractivity contribution in [3.63, 3.8) is 0 Å². The lowest BCUT2D eigenvalue weighted by Crippen LogP contribution is -2.36. The van der Waals surface area contributed by atoms with Crippen LogP contribution in [0.3, 0.4) is 0 Å². The first-order chi connectivity index (χ1) is 8.61.